The van der Waals surface area contributed by atoms with Crippen LogP contribution in [0.5, 0.6) is 17.2 Å². The van der Waals surface area contributed by atoms with Crippen molar-refractivity contribution in [1.82, 2.24) is 5.32 Å². The van der Waals surface area contributed by atoms with Crippen molar-refractivity contribution in [3.63, 3.8) is 0 Å². The molecule has 1 aliphatic rings. The smallest absolute Gasteiger partial charge is 0.251 e. The standard InChI is InChI=1S/C20H23NO4/c1-14(2)12-23-16-9-7-15(8-10-16)20(22)21-11-17-13-24-18-5-3-4-6-19(18)25-17/h3-10,14,17H,11-13H2,1-2H3,(H,21,22). The van der Waals surface area contributed by atoms with Gasteiger partial charge in [0.15, 0.2) is 11.5 Å². The molecule has 0 saturated heterocycles. The number of rotatable bonds is 6. The molecule has 0 fully saturated rings. The monoisotopic (exact) mass is 341 g/mol. The second kappa shape index (κ2) is 7.92. The van der Waals surface area contributed by atoms with E-state index in [-0.39, 0.29) is 12.0 Å². The topological polar surface area (TPSA) is 56.8 Å². The van der Waals surface area contributed by atoms with Crippen LogP contribution in [0.3, 0.4) is 0 Å². The number of nitrogens with one attached hydrogen (secondary N) is 1. The van der Waals surface area contributed by atoms with Crippen molar-refractivity contribution in [2.24, 2.45) is 5.92 Å². The zero-order valence-electron chi connectivity index (χ0n) is 14.5. The van der Waals surface area contributed by atoms with Crippen LogP contribution in [-0.2, 0) is 0 Å². The summed E-state index contributed by atoms with van der Waals surface area (Å²) in [4.78, 5) is 12.3. The van der Waals surface area contributed by atoms with Gasteiger partial charge in [0.05, 0.1) is 13.2 Å². The maximum atomic E-state index is 12.3. The molecular weight excluding hydrogens is 318 g/mol. The Morgan fingerprint density at radius 1 is 1.16 bits per heavy atom. The average molecular weight is 341 g/mol. The van der Waals surface area contributed by atoms with Crippen LogP contribution in [0.15, 0.2) is 48.5 Å². The fraction of sp³-hybridized carbons (Fsp3) is 0.350. The Morgan fingerprint density at radius 3 is 2.60 bits per heavy atom. The number of amides is 1. The highest BCUT2D eigenvalue weighted by molar-refractivity contribution is 5.94. The molecule has 5 nitrogen and oxygen atoms in total. The third-order valence-electron chi connectivity index (χ3n) is 3.76. The minimum Gasteiger partial charge on any atom is -0.493 e. The SMILES string of the molecule is CC(C)COc1ccc(C(=O)NCC2COc3ccccc3O2)cc1. The van der Waals surface area contributed by atoms with Gasteiger partial charge >= 0.3 is 0 Å². The van der Waals surface area contributed by atoms with E-state index in [0.717, 1.165) is 11.5 Å². The van der Waals surface area contributed by atoms with Crippen LogP contribution in [0, 0.1) is 5.92 Å². The fourth-order valence-electron chi connectivity index (χ4n) is 2.44. The van der Waals surface area contributed by atoms with Crippen molar-refractivity contribution in [3.05, 3.63) is 54.1 Å². The lowest BCUT2D eigenvalue weighted by Crippen LogP contribution is -2.40. The molecule has 3 rings (SSSR count). The number of hydrogen-bond acceptors (Lipinski definition) is 4. The first-order chi connectivity index (χ1) is 12.1. The van der Waals surface area contributed by atoms with Gasteiger partial charge in [-0.25, -0.2) is 0 Å². The van der Waals surface area contributed by atoms with Gasteiger partial charge in [0, 0.05) is 5.56 Å². The van der Waals surface area contributed by atoms with E-state index >= 15 is 0 Å². The molecule has 1 atom stereocenters. The second-order valence-corrected chi connectivity index (χ2v) is 6.44. The number of benzene rings is 2. The molecule has 132 valence electrons. The first-order valence-corrected chi connectivity index (χ1v) is 8.51. The van der Waals surface area contributed by atoms with Crippen LogP contribution in [0.4, 0.5) is 0 Å². The number of ether oxygens (including phenoxy) is 3. The van der Waals surface area contributed by atoms with E-state index in [1.165, 1.54) is 0 Å². The summed E-state index contributed by atoms with van der Waals surface area (Å²) in [6.45, 7) is 5.65. The largest absolute Gasteiger partial charge is 0.493 e. The molecule has 0 spiro atoms. The van der Waals surface area contributed by atoms with Crippen LogP contribution in [0.2, 0.25) is 0 Å². The van der Waals surface area contributed by atoms with Crippen molar-refractivity contribution in [1.29, 1.82) is 0 Å². The minimum absolute atomic E-state index is 0.141. The van der Waals surface area contributed by atoms with Crippen molar-refractivity contribution >= 4 is 5.91 Å². The molecule has 1 unspecified atom stereocenters. The Hall–Kier alpha value is -2.69. The Labute approximate surface area is 147 Å². The molecule has 25 heavy (non-hydrogen) atoms. The van der Waals surface area contributed by atoms with Crippen LogP contribution >= 0.6 is 0 Å². The van der Waals surface area contributed by atoms with Crippen molar-refractivity contribution < 1.29 is 19.0 Å². The third kappa shape index (κ3) is 4.66. The molecule has 1 amide bonds. The van der Waals surface area contributed by atoms with Crippen molar-refractivity contribution in [2.45, 2.75) is 20.0 Å². The predicted octanol–water partition coefficient (Wildman–Crippen LogP) is 3.29. The van der Waals surface area contributed by atoms with E-state index in [1.807, 2.05) is 36.4 Å². The molecule has 2 aromatic carbocycles. The average Bonchev–Trinajstić information content (AvgIpc) is 2.64. The molecule has 1 aliphatic heterocycles. The normalized spacial score (nSPS) is 15.7. The van der Waals surface area contributed by atoms with Crippen LogP contribution in [-0.4, -0.2) is 31.8 Å². The van der Waals surface area contributed by atoms with Crippen LogP contribution in [0.25, 0.3) is 0 Å². The Morgan fingerprint density at radius 2 is 1.88 bits per heavy atom. The van der Waals surface area contributed by atoms with Gasteiger partial charge in [-0.15, -0.1) is 0 Å². The van der Waals surface area contributed by atoms with Crippen LogP contribution < -0.4 is 19.5 Å². The molecule has 2 aromatic rings. The molecule has 0 aliphatic carbocycles. The van der Waals surface area contributed by atoms with Crippen molar-refractivity contribution in [3.8, 4) is 17.2 Å². The highest BCUT2D eigenvalue weighted by Crippen LogP contribution is 2.30. The first kappa shape index (κ1) is 17.1. The van der Waals surface area contributed by atoms with E-state index in [2.05, 4.69) is 19.2 Å². The zero-order chi connectivity index (χ0) is 17.6. The maximum absolute atomic E-state index is 12.3. The highest BCUT2D eigenvalue weighted by Gasteiger charge is 2.21. The van der Waals surface area contributed by atoms with E-state index in [1.54, 1.807) is 12.1 Å². The number of para-hydroxylation sites is 2. The van der Waals surface area contributed by atoms with Gasteiger partial charge in [-0.2, -0.15) is 0 Å². The number of hydrogen-bond donors (Lipinski definition) is 1. The van der Waals surface area contributed by atoms with Gasteiger partial charge < -0.3 is 19.5 Å². The molecule has 0 saturated carbocycles. The maximum Gasteiger partial charge on any atom is 0.251 e. The van der Waals surface area contributed by atoms with Gasteiger partial charge in [-0.1, -0.05) is 26.0 Å². The summed E-state index contributed by atoms with van der Waals surface area (Å²) < 4.78 is 17.1. The Kier molecular flexibility index (Phi) is 5.43. The van der Waals surface area contributed by atoms with E-state index in [4.69, 9.17) is 14.2 Å². The fourth-order valence-corrected chi connectivity index (χ4v) is 2.44. The lowest BCUT2D eigenvalue weighted by atomic mass is 10.2. The lowest BCUT2D eigenvalue weighted by molar-refractivity contribution is 0.0789. The first-order valence-electron chi connectivity index (χ1n) is 8.51. The van der Waals surface area contributed by atoms with Crippen molar-refractivity contribution in [2.75, 3.05) is 19.8 Å². The molecule has 1 heterocycles. The number of carbonyl (C=O) groups excluding carboxylic acids is 1. The molecule has 1 N–H and O–H groups in total. The summed E-state index contributed by atoms with van der Waals surface area (Å²) in [5.41, 5.74) is 0.592. The molecule has 0 bridgehead atoms. The molecule has 0 radical (unpaired) electrons. The number of carbonyl (C=O) groups is 1. The van der Waals surface area contributed by atoms with Crippen LogP contribution in [0.1, 0.15) is 24.2 Å². The summed E-state index contributed by atoms with van der Waals surface area (Å²) in [6, 6.07) is 14.7. The molecule has 5 heteroatoms. The Bertz CT molecular complexity index is 712. The molecule has 0 aromatic heterocycles. The van der Waals surface area contributed by atoms with E-state index in [9.17, 15) is 4.79 Å². The van der Waals surface area contributed by atoms with Gasteiger partial charge in [-0.05, 0) is 42.3 Å². The summed E-state index contributed by atoms with van der Waals surface area (Å²) in [6.07, 6.45) is -0.201. The second-order valence-electron chi connectivity index (χ2n) is 6.44. The summed E-state index contributed by atoms with van der Waals surface area (Å²) in [7, 11) is 0. The summed E-state index contributed by atoms with van der Waals surface area (Å²) in [5, 5.41) is 2.88. The minimum atomic E-state index is -0.201. The molecular formula is C20H23NO4. The van der Waals surface area contributed by atoms with Gasteiger partial charge in [-0.3, -0.25) is 4.79 Å². The van der Waals surface area contributed by atoms with E-state index < -0.39 is 0 Å². The third-order valence-corrected chi connectivity index (χ3v) is 3.76. The summed E-state index contributed by atoms with van der Waals surface area (Å²) in [5.74, 6) is 2.54. The Balaban J connectivity index is 1.49. The van der Waals surface area contributed by atoms with E-state index in [0.29, 0.717) is 37.0 Å². The summed E-state index contributed by atoms with van der Waals surface area (Å²) >= 11 is 0. The predicted molar refractivity (Wildman–Crippen MR) is 95.5 cm³/mol. The van der Waals surface area contributed by atoms with Gasteiger partial charge in [0.2, 0.25) is 0 Å². The van der Waals surface area contributed by atoms with Gasteiger partial charge in [0.1, 0.15) is 18.5 Å². The quantitative estimate of drug-likeness (QED) is 0.876. The lowest BCUT2D eigenvalue weighted by Gasteiger charge is -2.26. The number of fused-ring (bicyclic) bond motifs is 1. The zero-order valence-corrected chi connectivity index (χ0v) is 14.5. The van der Waals surface area contributed by atoms with Gasteiger partial charge in [0.25, 0.3) is 5.91 Å². The highest BCUT2D eigenvalue weighted by atomic mass is 16.6.